The number of carbonyl (C=O) groups excluding carboxylic acids is 2. The Labute approximate surface area is 170 Å². The van der Waals surface area contributed by atoms with E-state index in [4.69, 9.17) is 4.74 Å². The number of carboxylic acid groups (broad SMARTS) is 1. The highest BCUT2D eigenvalue weighted by Gasteiger charge is 2.31. The van der Waals surface area contributed by atoms with E-state index in [0.29, 0.717) is 11.3 Å². The smallest absolute Gasteiger partial charge is 0.306 e. The minimum atomic E-state index is -1.11. The minimum absolute atomic E-state index is 0.0414. The molecule has 1 unspecified atom stereocenters. The molecule has 2 aromatic carbocycles. The van der Waals surface area contributed by atoms with Gasteiger partial charge in [-0.1, -0.05) is 42.5 Å². The Balaban J connectivity index is 1.93. The molecule has 0 aliphatic heterocycles. The van der Waals surface area contributed by atoms with E-state index in [9.17, 15) is 19.5 Å². The molecule has 0 saturated heterocycles. The van der Waals surface area contributed by atoms with E-state index in [1.54, 1.807) is 31.2 Å². The van der Waals surface area contributed by atoms with Gasteiger partial charge in [0.15, 0.2) is 0 Å². The highest BCUT2D eigenvalue weighted by Crippen LogP contribution is 2.28. The summed E-state index contributed by atoms with van der Waals surface area (Å²) in [5, 5.41) is 14.8. The van der Waals surface area contributed by atoms with Gasteiger partial charge >= 0.3 is 5.97 Å². The topological polar surface area (TPSA) is 105 Å². The van der Waals surface area contributed by atoms with E-state index >= 15 is 0 Å². The standard InChI is InChI=1S/C22H26N2O5/c1-22(15-21(27)28,17-9-6-10-18(14-17)29-2)24-19(25)11-12-23-20(26)13-16-7-4-3-5-8-16/h3-10,14H,11-13,15H2,1-2H3,(H,23,26)(H,24,25)(H,27,28). The quantitative estimate of drug-likeness (QED) is 0.569. The van der Waals surface area contributed by atoms with E-state index in [2.05, 4.69) is 10.6 Å². The van der Waals surface area contributed by atoms with E-state index in [1.807, 2.05) is 30.3 Å². The fraction of sp³-hybridized carbons (Fsp3) is 0.318. The van der Waals surface area contributed by atoms with Crippen LogP contribution >= 0.6 is 0 Å². The highest BCUT2D eigenvalue weighted by molar-refractivity contribution is 5.81. The maximum absolute atomic E-state index is 12.4. The molecule has 7 nitrogen and oxygen atoms in total. The molecule has 3 N–H and O–H groups in total. The summed E-state index contributed by atoms with van der Waals surface area (Å²) in [4.78, 5) is 35.8. The van der Waals surface area contributed by atoms with Crippen LogP contribution in [0.4, 0.5) is 0 Å². The number of hydrogen-bond donors (Lipinski definition) is 3. The van der Waals surface area contributed by atoms with Crippen molar-refractivity contribution in [3.63, 3.8) is 0 Å². The number of rotatable bonds is 10. The van der Waals surface area contributed by atoms with Crippen LogP contribution in [0, 0.1) is 0 Å². The van der Waals surface area contributed by atoms with Crippen molar-refractivity contribution in [2.45, 2.75) is 31.7 Å². The molecule has 0 radical (unpaired) electrons. The number of ether oxygens (including phenoxy) is 1. The van der Waals surface area contributed by atoms with Crippen molar-refractivity contribution in [3.05, 3.63) is 65.7 Å². The van der Waals surface area contributed by atoms with Gasteiger partial charge in [0.1, 0.15) is 5.75 Å². The zero-order valence-corrected chi connectivity index (χ0v) is 16.6. The van der Waals surface area contributed by atoms with E-state index in [0.717, 1.165) is 5.56 Å². The van der Waals surface area contributed by atoms with Gasteiger partial charge in [0.2, 0.25) is 11.8 Å². The first kappa shape index (κ1) is 21.9. The molecular weight excluding hydrogens is 372 g/mol. The van der Waals surface area contributed by atoms with E-state index in [1.165, 1.54) is 7.11 Å². The van der Waals surface area contributed by atoms with Gasteiger partial charge in [-0.25, -0.2) is 0 Å². The van der Waals surface area contributed by atoms with E-state index in [-0.39, 0.29) is 37.6 Å². The lowest BCUT2D eigenvalue weighted by Gasteiger charge is -2.30. The Hall–Kier alpha value is -3.35. The van der Waals surface area contributed by atoms with Crippen LogP contribution in [0.25, 0.3) is 0 Å². The third-order valence-corrected chi connectivity index (χ3v) is 4.51. The monoisotopic (exact) mass is 398 g/mol. The number of carbonyl (C=O) groups is 3. The lowest BCUT2D eigenvalue weighted by Crippen LogP contribution is -2.46. The summed E-state index contributed by atoms with van der Waals surface area (Å²) in [6.07, 6.45) is -0.00498. The van der Waals surface area contributed by atoms with Crippen molar-refractivity contribution in [1.82, 2.24) is 10.6 Å². The van der Waals surface area contributed by atoms with Gasteiger partial charge in [-0.05, 0) is 30.2 Å². The number of hydrogen-bond acceptors (Lipinski definition) is 4. The molecule has 0 heterocycles. The maximum atomic E-state index is 12.4. The molecule has 2 rings (SSSR count). The van der Waals surface area contributed by atoms with Crippen LogP contribution in [0.5, 0.6) is 5.75 Å². The molecule has 0 fully saturated rings. The molecule has 2 aromatic rings. The molecule has 0 aromatic heterocycles. The summed E-state index contributed by atoms with van der Waals surface area (Å²) in [7, 11) is 1.52. The molecule has 7 heteroatoms. The molecular formula is C22H26N2O5. The fourth-order valence-electron chi connectivity index (χ4n) is 3.02. The molecule has 154 valence electrons. The van der Waals surface area contributed by atoms with Crippen molar-refractivity contribution in [3.8, 4) is 5.75 Å². The third-order valence-electron chi connectivity index (χ3n) is 4.51. The SMILES string of the molecule is COc1cccc(C(C)(CC(=O)O)NC(=O)CCNC(=O)Cc2ccccc2)c1. The molecule has 0 spiro atoms. The largest absolute Gasteiger partial charge is 0.497 e. The van der Waals surface area contributed by atoms with Gasteiger partial charge in [-0.15, -0.1) is 0 Å². The Kier molecular flexibility index (Phi) is 7.77. The number of aliphatic carboxylic acids is 1. The van der Waals surface area contributed by atoms with Crippen molar-refractivity contribution < 1.29 is 24.2 Å². The van der Waals surface area contributed by atoms with Crippen LogP contribution in [0.2, 0.25) is 0 Å². The molecule has 1 atom stereocenters. The molecule has 0 saturated carbocycles. The average Bonchev–Trinajstić information content (AvgIpc) is 2.68. The second-order valence-electron chi connectivity index (χ2n) is 6.95. The summed E-state index contributed by atoms with van der Waals surface area (Å²) in [5.74, 6) is -0.991. The molecule has 0 aliphatic rings. The lowest BCUT2D eigenvalue weighted by atomic mass is 9.88. The minimum Gasteiger partial charge on any atom is -0.497 e. The molecule has 29 heavy (non-hydrogen) atoms. The second-order valence-corrected chi connectivity index (χ2v) is 6.95. The Morgan fingerprint density at radius 3 is 2.41 bits per heavy atom. The third kappa shape index (κ3) is 6.95. The summed E-state index contributed by atoms with van der Waals surface area (Å²) in [6, 6.07) is 16.2. The van der Waals surface area contributed by atoms with Gasteiger partial charge in [0, 0.05) is 13.0 Å². The molecule has 2 amide bonds. The zero-order chi connectivity index (χ0) is 21.3. The zero-order valence-electron chi connectivity index (χ0n) is 16.6. The van der Waals surface area contributed by atoms with Gasteiger partial charge in [-0.2, -0.15) is 0 Å². The van der Waals surface area contributed by atoms with Crippen molar-refractivity contribution >= 4 is 17.8 Å². The van der Waals surface area contributed by atoms with Crippen LogP contribution in [-0.2, 0) is 26.3 Å². The van der Waals surface area contributed by atoms with Crippen LogP contribution < -0.4 is 15.4 Å². The predicted molar refractivity (Wildman–Crippen MR) is 109 cm³/mol. The second kappa shape index (κ2) is 10.3. The predicted octanol–water partition coefficient (Wildman–Crippen LogP) is 2.25. The number of methoxy groups -OCH3 is 1. The lowest BCUT2D eigenvalue weighted by molar-refractivity contribution is -0.139. The number of nitrogens with one attached hydrogen (secondary N) is 2. The number of benzene rings is 2. The highest BCUT2D eigenvalue weighted by atomic mass is 16.5. The fourth-order valence-corrected chi connectivity index (χ4v) is 3.02. The van der Waals surface area contributed by atoms with Gasteiger partial charge < -0.3 is 20.5 Å². The summed E-state index contributed by atoms with van der Waals surface area (Å²) >= 11 is 0. The van der Waals surface area contributed by atoms with Crippen LogP contribution in [0.3, 0.4) is 0 Å². The number of amides is 2. The Morgan fingerprint density at radius 2 is 1.76 bits per heavy atom. The normalized spacial score (nSPS) is 12.5. The van der Waals surface area contributed by atoms with Crippen LogP contribution in [-0.4, -0.2) is 36.5 Å². The van der Waals surface area contributed by atoms with Crippen LogP contribution in [0.15, 0.2) is 54.6 Å². The summed E-state index contributed by atoms with van der Waals surface area (Å²) in [6.45, 7) is 1.82. The van der Waals surface area contributed by atoms with Gasteiger partial charge in [0.05, 0.1) is 25.5 Å². The first-order chi connectivity index (χ1) is 13.8. The molecule has 0 aliphatic carbocycles. The number of carboxylic acids is 1. The van der Waals surface area contributed by atoms with Gasteiger partial charge in [0.25, 0.3) is 0 Å². The Bertz CT molecular complexity index is 853. The van der Waals surface area contributed by atoms with Crippen molar-refractivity contribution in [1.29, 1.82) is 0 Å². The van der Waals surface area contributed by atoms with Crippen molar-refractivity contribution in [2.24, 2.45) is 0 Å². The van der Waals surface area contributed by atoms with E-state index < -0.39 is 11.5 Å². The molecule has 0 bridgehead atoms. The summed E-state index contributed by atoms with van der Waals surface area (Å²) in [5.41, 5.74) is 0.410. The Morgan fingerprint density at radius 1 is 1.03 bits per heavy atom. The first-order valence-corrected chi connectivity index (χ1v) is 9.30. The van der Waals surface area contributed by atoms with Crippen molar-refractivity contribution in [2.75, 3.05) is 13.7 Å². The maximum Gasteiger partial charge on any atom is 0.306 e. The average molecular weight is 398 g/mol. The first-order valence-electron chi connectivity index (χ1n) is 9.30. The van der Waals surface area contributed by atoms with Crippen LogP contribution in [0.1, 0.15) is 30.9 Å². The van der Waals surface area contributed by atoms with Gasteiger partial charge in [-0.3, -0.25) is 14.4 Å². The summed E-state index contributed by atoms with van der Waals surface area (Å²) < 4.78 is 5.19.